The highest BCUT2D eigenvalue weighted by Gasteiger charge is 2.30. The van der Waals surface area contributed by atoms with Gasteiger partial charge in [0.25, 0.3) is 0 Å². The van der Waals surface area contributed by atoms with Crippen LogP contribution >= 0.6 is 0 Å². The molecule has 1 heterocycles. The van der Waals surface area contributed by atoms with E-state index < -0.39 is 5.97 Å². The Labute approximate surface area is 156 Å². The van der Waals surface area contributed by atoms with Crippen LogP contribution in [-0.4, -0.2) is 41.5 Å². The molecule has 0 aliphatic carbocycles. The molecule has 2 unspecified atom stereocenters. The molecule has 1 amide bonds. The zero-order valence-corrected chi connectivity index (χ0v) is 16.6. The van der Waals surface area contributed by atoms with Gasteiger partial charge in [0.1, 0.15) is 0 Å². The zero-order valence-electron chi connectivity index (χ0n) is 16.6. The van der Waals surface area contributed by atoms with Gasteiger partial charge in [-0.15, -0.1) is 0 Å². The summed E-state index contributed by atoms with van der Waals surface area (Å²) in [5, 5.41) is 12.4. The first-order chi connectivity index (χ1) is 12.2. The van der Waals surface area contributed by atoms with Gasteiger partial charge in [0, 0.05) is 18.8 Å². The third-order valence-electron chi connectivity index (χ3n) is 5.09. The predicted octanol–water partition coefficient (Wildman–Crippen LogP) is 3.91. The summed E-state index contributed by atoms with van der Waals surface area (Å²) < 4.78 is 0. The second kappa shape index (κ2) is 8.67. The van der Waals surface area contributed by atoms with Gasteiger partial charge < -0.3 is 10.4 Å². The summed E-state index contributed by atoms with van der Waals surface area (Å²) in [6.07, 6.45) is 0.682. The van der Waals surface area contributed by atoms with Gasteiger partial charge in [-0.25, -0.2) is 0 Å². The molecule has 0 bridgehead atoms. The lowest BCUT2D eigenvalue weighted by Crippen LogP contribution is -2.45. The summed E-state index contributed by atoms with van der Waals surface area (Å²) in [5.41, 5.74) is 3.20. The van der Waals surface area contributed by atoms with Crippen LogP contribution in [0.15, 0.2) is 18.2 Å². The number of hydrogen-bond acceptors (Lipinski definition) is 3. The summed E-state index contributed by atoms with van der Waals surface area (Å²) in [7, 11) is 0. The summed E-state index contributed by atoms with van der Waals surface area (Å²) >= 11 is 0. The van der Waals surface area contributed by atoms with Crippen LogP contribution in [0.2, 0.25) is 0 Å². The molecule has 5 heteroatoms. The van der Waals surface area contributed by atoms with E-state index in [0.29, 0.717) is 24.8 Å². The Bertz CT molecular complexity index is 628. The van der Waals surface area contributed by atoms with Crippen molar-refractivity contribution in [2.75, 3.05) is 25.0 Å². The number of nitrogens with zero attached hydrogens (tertiary/aromatic N) is 1. The van der Waals surface area contributed by atoms with E-state index in [2.05, 4.69) is 45.1 Å². The highest BCUT2D eigenvalue weighted by atomic mass is 16.4. The fourth-order valence-corrected chi connectivity index (χ4v) is 3.85. The van der Waals surface area contributed by atoms with Crippen LogP contribution in [0.5, 0.6) is 0 Å². The van der Waals surface area contributed by atoms with Crippen molar-refractivity contribution in [3.63, 3.8) is 0 Å². The number of likely N-dealkylation sites (tertiary alicyclic amines) is 1. The highest BCUT2D eigenvalue weighted by Crippen LogP contribution is 2.32. The minimum atomic E-state index is -0.769. The van der Waals surface area contributed by atoms with E-state index in [1.165, 1.54) is 0 Å². The smallest absolute Gasteiger partial charge is 0.307 e. The molecule has 1 aliphatic rings. The van der Waals surface area contributed by atoms with E-state index in [-0.39, 0.29) is 24.3 Å². The molecule has 5 nitrogen and oxygen atoms in total. The van der Waals surface area contributed by atoms with Crippen molar-refractivity contribution in [1.82, 2.24) is 4.90 Å². The Morgan fingerprint density at radius 3 is 2.23 bits per heavy atom. The van der Waals surface area contributed by atoms with E-state index in [9.17, 15) is 14.7 Å². The van der Waals surface area contributed by atoms with E-state index in [0.717, 1.165) is 23.4 Å². The van der Waals surface area contributed by atoms with Crippen molar-refractivity contribution in [1.29, 1.82) is 0 Å². The molecule has 1 fully saturated rings. The van der Waals surface area contributed by atoms with Crippen LogP contribution in [-0.2, 0) is 9.59 Å². The quantitative estimate of drug-likeness (QED) is 0.807. The fraction of sp³-hybridized carbons (Fsp3) is 0.619. The molecule has 0 saturated carbocycles. The van der Waals surface area contributed by atoms with E-state index in [4.69, 9.17) is 0 Å². The van der Waals surface area contributed by atoms with E-state index >= 15 is 0 Å². The molecule has 2 N–H and O–H groups in total. The van der Waals surface area contributed by atoms with Gasteiger partial charge in [0.15, 0.2) is 0 Å². The number of hydrogen-bond donors (Lipinski definition) is 2. The standard InChI is InChI=1S/C21H32N2O3/c1-13(2)17-7-6-8-18(14(3)4)20(17)22-19(24)12-23-10-15(5)9-16(11-23)21(25)26/h6-8,13-16H,9-12H2,1-5H3,(H,22,24)(H,25,26). The third-order valence-corrected chi connectivity index (χ3v) is 5.09. The molecular weight excluding hydrogens is 328 g/mol. The number of nitrogens with one attached hydrogen (secondary N) is 1. The van der Waals surface area contributed by atoms with Crippen LogP contribution in [0.4, 0.5) is 5.69 Å². The number of carbonyl (C=O) groups excluding carboxylic acids is 1. The first kappa shape index (κ1) is 20.4. The monoisotopic (exact) mass is 360 g/mol. The summed E-state index contributed by atoms with van der Waals surface area (Å²) in [4.78, 5) is 26.0. The molecule has 0 radical (unpaired) electrons. The molecule has 1 aromatic carbocycles. The molecule has 2 atom stereocenters. The van der Waals surface area contributed by atoms with Crippen LogP contribution in [0.25, 0.3) is 0 Å². The molecule has 1 saturated heterocycles. The number of piperidine rings is 1. The first-order valence-electron chi connectivity index (χ1n) is 9.56. The lowest BCUT2D eigenvalue weighted by Gasteiger charge is -2.34. The van der Waals surface area contributed by atoms with Crippen LogP contribution in [0.3, 0.4) is 0 Å². The van der Waals surface area contributed by atoms with Gasteiger partial charge in [0.2, 0.25) is 5.91 Å². The molecule has 0 aromatic heterocycles. The fourth-order valence-electron chi connectivity index (χ4n) is 3.85. The Kier molecular flexibility index (Phi) is 6.81. The first-order valence-corrected chi connectivity index (χ1v) is 9.56. The number of anilines is 1. The van der Waals surface area contributed by atoms with E-state index in [1.54, 1.807) is 0 Å². The number of aliphatic carboxylic acids is 1. The zero-order chi connectivity index (χ0) is 19.4. The Hall–Kier alpha value is -1.88. The Morgan fingerprint density at radius 2 is 1.73 bits per heavy atom. The second-order valence-electron chi connectivity index (χ2n) is 8.24. The number of para-hydroxylation sites is 1. The maximum Gasteiger partial charge on any atom is 0.307 e. The van der Waals surface area contributed by atoms with Crippen LogP contribution in [0, 0.1) is 11.8 Å². The van der Waals surface area contributed by atoms with Gasteiger partial charge >= 0.3 is 5.97 Å². The summed E-state index contributed by atoms with van der Waals surface area (Å²) in [5.74, 6) is -0.314. The highest BCUT2D eigenvalue weighted by molar-refractivity contribution is 5.94. The van der Waals surface area contributed by atoms with Crippen molar-refractivity contribution in [2.45, 2.75) is 52.9 Å². The number of carbonyl (C=O) groups is 2. The van der Waals surface area contributed by atoms with Gasteiger partial charge in [-0.2, -0.15) is 0 Å². The SMILES string of the molecule is CC1CC(C(=O)O)CN(CC(=O)Nc2c(C(C)C)cccc2C(C)C)C1. The number of carboxylic acids is 1. The van der Waals surface area contributed by atoms with Crippen molar-refractivity contribution < 1.29 is 14.7 Å². The maximum absolute atomic E-state index is 12.7. The molecule has 144 valence electrons. The minimum Gasteiger partial charge on any atom is -0.481 e. The molecule has 0 spiro atoms. The summed E-state index contributed by atoms with van der Waals surface area (Å²) in [6.45, 7) is 12.0. The Balaban J connectivity index is 2.13. The lowest BCUT2D eigenvalue weighted by molar-refractivity contribution is -0.144. The number of amides is 1. The van der Waals surface area contributed by atoms with Gasteiger partial charge in [-0.1, -0.05) is 52.8 Å². The lowest BCUT2D eigenvalue weighted by atomic mass is 9.90. The molecule has 1 aromatic rings. The minimum absolute atomic E-state index is 0.0711. The summed E-state index contributed by atoms with van der Waals surface area (Å²) in [6, 6.07) is 6.18. The normalized spacial score (nSPS) is 21.2. The number of rotatable bonds is 6. The molecule has 26 heavy (non-hydrogen) atoms. The number of benzene rings is 1. The third kappa shape index (κ3) is 5.07. The Morgan fingerprint density at radius 1 is 1.15 bits per heavy atom. The second-order valence-corrected chi connectivity index (χ2v) is 8.24. The van der Waals surface area contributed by atoms with Crippen LogP contribution < -0.4 is 5.32 Å². The number of carboxylic acid groups (broad SMARTS) is 1. The van der Waals surface area contributed by atoms with Crippen molar-refractivity contribution in [2.24, 2.45) is 11.8 Å². The van der Waals surface area contributed by atoms with Crippen molar-refractivity contribution in [3.05, 3.63) is 29.3 Å². The van der Waals surface area contributed by atoms with Crippen molar-refractivity contribution >= 4 is 17.6 Å². The average Bonchev–Trinajstić information content (AvgIpc) is 2.53. The van der Waals surface area contributed by atoms with E-state index in [1.807, 2.05) is 17.9 Å². The average molecular weight is 360 g/mol. The topological polar surface area (TPSA) is 69.6 Å². The largest absolute Gasteiger partial charge is 0.481 e. The van der Waals surface area contributed by atoms with Gasteiger partial charge in [0.05, 0.1) is 12.5 Å². The van der Waals surface area contributed by atoms with Crippen LogP contribution in [0.1, 0.15) is 64.0 Å². The van der Waals surface area contributed by atoms with Gasteiger partial charge in [-0.3, -0.25) is 14.5 Å². The molecule has 2 rings (SSSR count). The maximum atomic E-state index is 12.7. The molecular formula is C21H32N2O3. The van der Waals surface area contributed by atoms with Crippen molar-refractivity contribution in [3.8, 4) is 0 Å². The van der Waals surface area contributed by atoms with Gasteiger partial charge in [-0.05, 0) is 35.3 Å². The predicted molar refractivity (Wildman–Crippen MR) is 105 cm³/mol. The molecule has 1 aliphatic heterocycles.